The molecular weight excluding hydrogens is 366 g/mol. The quantitative estimate of drug-likeness (QED) is 0.728. The zero-order valence-electron chi connectivity index (χ0n) is 17.2. The third-order valence-corrected chi connectivity index (χ3v) is 4.72. The molecule has 1 aliphatic heterocycles. The van der Waals surface area contributed by atoms with Crippen molar-refractivity contribution >= 4 is 18.3 Å². The van der Waals surface area contributed by atoms with Gasteiger partial charge in [-0.15, -0.1) is 12.4 Å². The van der Waals surface area contributed by atoms with Crippen LogP contribution in [0.3, 0.4) is 0 Å². The van der Waals surface area contributed by atoms with E-state index in [1.807, 2.05) is 26.1 Å². The molecule has 0 bridgehead atoms. The third-order valence-electron chi connectivity index (χ3n) is 4.72. The normalized spacial score (nSPS) is 18.3. The van der Waals surface area contributed by atoms with Crippen molar-refractivity contribution in [1.29, 1.82) is 0 Å². The first-order valence-electron chi connectivity index (χ1n) is 9.47. The van der Waals surface area contributed by atoms with Crippen LogP contribution >= 0.6 is 12.4 Å². The van der Waals surface area contributed by atoms with E-state index < -0.39 is 6.10 Å². The summed E-state index contributed by atoms with van der Waals surface area (Å²) in [7, 11) is 5.49. The molecule has 0 aliphatic carbocycles. The van der Waals surface area contributed by atoms with Gasteiger partial charge in [-0.3, -0.25) is 9.69 Å². The summed E-state index contributed by atoms with van der Waals surface area (Å²) in [5.74, 6) is 1.25. The van der Waals surface area contributed by atoms with Crippen LogP contribution in [-0.4, -0.2) is 68.7 Å². The zero-order chi connectivity index (χ0) is 19.1. The highest BCUT2D eigenvalue weighted by atomic mass is 35.5. The van der Waals surface area contributed by atoms with E-state index in [1.54, 1.807) is 21.0 Å². The van der Waals surface area contributed by atoms with E-state index in [1.165, 1.54) is 23.3 Å². The predicted octanol–water partition coefficient (Wildman–Crippen LogP) is 2.55. The van der Waals surface area contributed by atoms with Gasteiger partial charge in [0, 0.05) is 33.2 Å². The number of rotatable bonds is 8. The maximum Gasteiger partial charge on any atom is 0.262 e. The van der Waals surface area contributed by atoms with E-state index in [2.05, 4.69) is 16.3 Å². The van der Waals surface area contributed by atoms with Crippen molar-refractivity contribution in [3.63, 3.8) is 0 Å². The number of carbonyl (C=O) groups excluding carboxylic acids is 1. The topological polar surface area (TPSA) is 54.0 Å². The number of hydrogen-bond donors (Lipinski definition) is 1. The Bertz CT molecular complexity index is 598. The molecule has 7 heteroatoms. The Kier molecular flexibility index (Phi) is 9.91. The van der Waals surface area contributed by atoms with Crippen LogP contribution < -0.4 is 14.8 Å². The third kappa shape index (κ3) is 6.87. The van der Waals surface area contributed by atoms with Crippen molar-refractivity contribution in [1.82, 2.24) is 15.1 Å². The van der Waals surface area contributed by atoms with E-state index in [4.69, 9.17) is 9.47 Å². The number of amides is 1. The lowest BCUT2D eigenvalue weighted by atomic mass is 10.0. The summed E-state index contributed by atoms with van der Waals surface area (Å²) in [5.41, 5.74) is 1.20. The SMILES string of the molecule is CCOc1cc(CN2CCCC(NC)C2)ccc1OC(C)C(=O)N(C)C.Cl. The first-order valence-corrected chi connectivity index (χ1v) is 9.47. The summed E-state index contributed by atoms with van der Waals surface area (Å²) in [6, 6.07) is 6.58. The van der Waals surface area contributed by atoms with Crippen LogP contribution in [0.5, 0.6) is 11.5 Å². The average Bonchev–Trinajstić information content (AvgIpc) is 2.63. The average molecular weight is 400 g/mol. The van der Waals surface area contributed by atoms with Crippen LogP contribution in [-0.2, 0) is 11.3 Å². The molecule has 2 rings (SSSR count). The first kappa shape index (κ1) is 23.5. The van der Waals surface area contributed by atoms with Gasteiger partial charge in [-0.05, 0) is 58.0 Å². The summed E-state index contributed by atoms with van der Waals surface area (Å²) in [4.78, 5) is 16.1. The van der Waals surface area contributed by atoms with Gasteiger partial charge in [0.25, 0.3) is 5.91 Å². The highest BCUT2D eigenvalue weighted by molar-refractivity contribution is 5.85. The molecule has 1 amide bonds. The standard InChI is InChI=1S/C20H33N3O3.ClH/c1-6-25-19-12-16(13-23-11-7-8-17(14-23)21-3)9-10-18(19)26-15(2)20(24)22(4)5;/h9-10,12,15,17,21H,6-8,11,13-14H2,1-5H3;1H. The fourth-order valence-electron chi connectivity index (χ4n) is 3.31. The molecule has 1 aliphatic rings. The number of likely N-dealkylation sites (tertiary alicyclic amines) is 1. The summed E-state index contributed by atoms with van der Waals surface area (Å²) in [6.07, 6.45) is 1.91. The fourth-order valence-corrected chi connectivity index (χ4v) is 3.31. The van der Waals surface area contributed by atoms with Gasteiger partial charge in [0.1, 0.15) is 0 Å². The second kappa shape index (κ2) is 11.4. The number of ether oxygens (including phenoxy) is 2. The number of piperidine rings is 1. The monoisotopic (exact) mass is 399 g/mol. The Morgan fingerprint density at radius 1 is 1.37 bits per heavy atom. The minimum absolute atomic E-state index is 0. The number of halogens is 1. The number of nitrogens with one attached hydrogen (secondary N) is 1. The van der Waals surface area contributed by atoms with Crippen LogP contribution in [0.1, 0.15) is 32.3 Å². The van der Waals surface area contributed by atoms with Gasteiger partial charge in [-0.2, -0.15) is 0 Å². The molecule has 1 N–H and O–H groups in total. The van der Waals surface area contributed by atoms with E-state index in [0.29, 0.717) is 24.1 Å². The molecule has 0 radical (unpaired) electrons. The number of hydrogen-bond acceptors (Lipinski definition) is 5. The molecular formula is C20H34ClN3O3. The molecule has 27 heavy (non-hydrogen) atoms. The van der Waals surface area contributed by atoms with Gasteiger partial charge in [0.05, 0.1) is 6.61 Å². The zero-order valence-corrected chi connectivity index (χ0v) is 18.0. The van der Waals surface area contributed by atoms with Crippen molar-refractivity contribution < 1.29 is 14.3 Å². The van der Waals surface area contributed by atoms with Crippen LogP contribution in [0.25, 0.3) is 0 Å². The molecule has 154 valence electrons. The number of benzene rings is 1. The van der Waals surface area contributed by atoms with Gasteiger partial charge >= 0.3 is 0 Å². The molecule has 0 aromatic heterocycles. The minimum Gasteiger partial charge on any atom is -0.490 e. The lowest BCUT2D eigenvalue weighted by molar-refractivity contribution is -0.135. The maximum atomic E-state index is 12.1. The Balaban J connectivity index is 0.00000364. The summed E-state index contributed by atoms with van der Waals surface area (Å²) >= 11 is 0. The van der Waals surface area contributed by atoms with Gasteiger partial charge in [-0.25, -0.2) is 0 Å². The van der Waals surface area contributed by atoms with Gasteiger partial charge < -0.3 is 19.7 Å². The van der Waals surface area contributed by atoms with Crippen molar-refractivity contribution in [3.05, 3.63) is 23.8 Å². The van der Waals surface area contributed by atoms with Crippen LogP contribution in [0.2, 0.25) is 0 Å². The molecule has 1 saturated heterocycles. The molecule has 2 atom stereocenters. The van der Waals surface area contributed by atoms with E-state index in [0.717, 1.165) is 19.6 Å². The first-order chi connectivity index (χ1) is 12.4. The molecule has 0 spiro atoms. The summed E-state index contributed by atoms with van der Waals surface area (Å²) in [5, 5.41) is 3.38. The van der Waals surface area contributed by atoms with E-state index in [-0.39, 0.29) is 18.3 Å². The predicted molar refractivity (Wildman–Crippen MR) is 111 cm³/mol. The van der Waals surface area contributed by atoms with Crippen molar-refractivity contribution in [3.8, 4) is 11.5 Å². The largest absolute Gasteiger partial charge is 0.490 e. The van der Waals surface area contributed by atoms with Crippen LogP contribution in [0.4, 0.5) is 0 Å². The lowest BCUT2D eigenvalue weighted by Crippen LogP contribution is -2.43. The van der Waals surface area contributed by atoms with Gasteiger partial charge in [0.15, 0.2) is 17.6 Å². The second-order valence-electron chi connectivity index (χ2n) is 7.07. The lowest BCUT2D eigenvalue weighted by Gasteiger charge is -2.32. The Morgan fingerprint density at radius 3 is 2.74 bits per heavy atom. The molecule has 2 unspecified atom stereocenters. The molecule has 0 saturated carbocycles. The molecule has 1 heterocycles. The summed E-state index contributed by atoms with van der Waals surface area (Å²) in [6.45, 7) is 7.35. The van der Waals surface area contributed by atoms with Crippen molar-refractivity contribution in [2.45, 2.75) is 45.4 Å². The number of likely N-dealkylation sites (N-methyl/N-ethyl adjacent to an activating group) is 2. The highest BCUT2D eigenvalue weighted by Crippen LogP contribution is 2.30. The Hall–Kier alpha value is -1.50. The van der Waals surface area contributed by atoms with Crippen LogP contribution in [0, 0.1) is 0 Å². The van der Waals surface area contributed by atoms with Crippen molar-refractivity contribution in [2.75, 3.05) is 40.8 Å². The van der Waals surface area contributed by atoms with Gasteiger partial charge in [-0.1, -0.05) is 6.07 Å². The van der Waals surface area contributed by atoms with Crippen molar-refractivity contribution in [2.24, 2.45) is 0 Å². The van der Waals surface area contributed by atoms with Gasteiger partial charge in [0.2, 0.25) is 0 Å². The molecule has 1 fully saturated rings. The fraction of sp³-hybridized carbons (Fsp3) is 0.650. The van der Waals surface area contributed by atoms with E-state index in [9.17, 15) is 4.79 Å². The van der Waals surface area contributed by atoms with Crippen LogP contribution in [0.15, 0.2) is 18.2 Å². The Morgan fingerprint density at radius 2 is 2.11 bits per heavy atom. The summed E-state index contributed by atoms with van der Waals surface area (Å²) < 4.78 is 11.6. The minimum atomic E-state index is -0.548. The number of nitrogens with zero attached hydrogens (tertiary/aromatic N) is 2. The molecule has 1 aromatic carbocycles. The molecule has 1 aromatic rings. The maximum absolute atomic E-state index is 12.1. The highest BCUT2D eigenvalue weighted by Gasteiger charge is 2.21. The number of carbonyl (C=O) groups is 1. The molecule has 6 nitrogen and oxygen atoms in total. The Labute approximate surface area is 169 Å². The smallest absolute Gasteiger partial charge is 0.262 e. The van der Waals surface area contributed by atoms with E-state index >= 15 is 0 Å². The second-order valence-corrected chi connectivity index (χ2v) is 7.07.